The van der Waals surface area contributed by atoms with Crippen LogP contribution in [0.15, 0.2) is 95.9 Å². The number of H-pyrrole nitrogens is 1. The first kappa shape index (κ1) is 48.9. The molecule has 3 N–H and O–H groups in total. The van der Waals surface area contributed by atoms with Crippen molar-refractivity contribution in [3.05, 3.63) is 119 Å². The van der Waals surface area contributed by atoms with Gasteiger partial charge in [-0.2, -0.15) is 5.21 Å². The number of imide groups is 1. The Balaban J connectivity index is 1.10. The third-order valence-electron chi connectivity index (χ3n) is 10.6. The van der Waals surface area contributed by atoms with Gasteiger partial charge in [-0.05, 0) is 98.3 Å². The fraction of sp³-hybridized carbons (Fsp3) is 0.327. The van der Waals surface area contributed by atoms with Crippen molar-refractivity contribution in [2.45, 2.75) is 88.3 Å². The normalized spacial score (nSPS) is 13.5. The van der Waals surface area contributed by atoms with Gasteiger partial charge < -0.3 is 24.1 Å². The van der Waals surface area contributed by atoms with E-state index in [-0.39, 0.29) is 24.4 Å². The maximum atomic E-state index is 13.8. The van der Waals surface area contributed by atoms with E-state index < -0.39 is 28.8 Å². The molecule has 1 unspecified atom stereocenters. The predicted molar refractivity (Wildman–Crippen MR) is 261 cm³/mol. The van der Waals surface area contributed by atoms with Crippen LogP contribution in [0.2, 0.25) is 0 Å². The van der Waals surface area contributed by atoms with Crippen LogP contribution in [0.5, 0.6) is 5.75 Å². The summed E-state index contributed by atoms with van der Waals surface area (Å²) in [7, 11) is 1.56. The van der Waals surface area contributed by atoms with Crippen molar-refractivity contribution >= 4 is 64.0 Å². The van der Waals surface area contributed by atoms with Crippen LogP contribution in [0.1, 0.15) is 80.6 Å². The Labute approximate surface area is 402 Å². The smallest absolute Gasteiger partial charge is 0.414 e. The summed E-state index contributed by atoms with van der Waals surface area (Å²) in [6.07, 6.45) is 2.20. The summed E-state index contributed by atoms with van der Waals surface area (Å²) in [4.78, 5) is 71.3. The highest BCUT2D eigenvalue weighted by atomic mass is 32.2. The van der Waals surface area contributed by atoms with Crippen LogP contribution in [-0.4, -0.2) is 90.4 Å². The van der Waals surface area contributed by atoms with Gasteiger partial charge in [0.2, 0.25) is 11.7 Å². The Morgan fingerprint density at radius 2 is 1.68 bits per heavy atom. The number of aromatic amines is 1. The van der Waals surface area contributed by atoms with Crippen LogP contribution < -0.4 is 20.3 Å². The maximum absolute atomic E-state index is 13.8. The lowest BCUT2D eigenvalue weighted by Gasteiger charge is -2.26. The molecule has 0 spiro atoms. The van der Waals surface area contributed by atoms with Gasteiger partial charge in [0, 0.05) is 36.2 Å². The lowest BCUT2D eigenvalue weighted by Crippen LogP contribution is -2.34. The number of esters is 1. The number of ether oxygens (including phenoxy) is 3. The first-order valence-corrected chi connectivity index (χ1v) is 24.0. The summed E-state index contributed by atoms with van der Waals surface area (Å²) in [5, 5.41) is 18.9. The van der Waals surface area contributed by atoms with Crippen molar-refractivity contribution < 1.29 is 38.2 Å². The highest BCUT2D eigenvalue weighted by molar-refractivity contribution is 8.15. The van der Waals surface area contributed by atoms with Gasteiger partial charge in [-0.1, -0.05) is 85.8 Å². The number of rotatable bonds is 19. The molecule has 4 amide bonds. The second kappa shape index (κ2) is 22.2. The van der Waals surface area contributed by atoms with Crippen LogP contribution in [-0.2, 0) is 44.2 Å². The molecule has 2 aromatic heterocycles. The quantitative estimate of drug-likeness (QED) is 0.0511. The summed E-state index contributed by atoms with van der Waals surface area (Å²) in [6.45, 7) is 9.43. The summed E-state index contributed by atoms with van der Waals surface area (Å²) in [5.74, 6) is 0.737. The number of hydrogen-bond acceptors (Lipinski definition) is 14. The Hall–Kier alpha value is -6.99. The van der Waals surface area contributed by atoms with E-state index in [0.29, 0.717) is 59.5 Å². The van der Waals surface area contributed by atoms with E-state index in [1.54, 1.807) is 71.1 Å². The Bertz CT molecular complexity index is 2760. The van der Waals surface area contributed by atoms with Gasteiger partial charge in [0.25, 0.3) is 11.1 Å². The van der Waals surface area contributed by atoms with Crippen molar-refractivity contribution in [2.75, 3.05) is 30.5 Å². The van der Waals surface area contributed by atoms with Gasteiger partial charge >= 0.3 is 12.1 Å². The highest BCUT2D eigenvalue weighted by Gasteiger charge is 2.32. The van der Waals surface area contributed by atoms with Crippen molar-refractivity contribution in [2.24, 2.45) is 0 Å². The monoisotopic (exact) mass is 959 g/mol. The van der Waals surface area contributed by atoms with Crippen molar-refractivity contribution in [1.82, 2.24) is 35.5 Å². The lowest BCUT2D eigenvalue weighted by atomic mass is 9.98. The first-order chi connectivity index (χ1) is 32.7. The average Bonchev–Trinajstić information content (AvgIpc) is 4.06. The van der Waals surface area contributed by atoms with Crippen LogP contribution in [0.25, 0.3) is 22.5 Å². The standard InChI is InChI=1S/C49H53N9O8S2/c1-7-9-14-41-50-38(43(46(61)64-8-2)58(41)27-31-15-19-32(20-16-31)35-12-10-11-13-36(35)44-53-55-56-54-44)29-67-34-23-24-37(39(26-34)57(6)48(63)66-49(3,4)5)51-42(59)28-65-33-21-17-30(18-22-33)25-40-45(60)52-47(62)68-40/h10-13,15-24,26,40H,7-9,14,25,27-29H2,1-6H3,(H,51,59)(H,52,60,62)(H,53,54,55,56). The molecule has 1 aliphatic heterocycles. The van der Waals surface area contributed by atoms with Gasteiger partial charge in [0.15, 0.2) is 12.3 Å². The van der Waals surface area contributed by atoms with E-state index in [1.807, 2.05) is 59.2 Å². The minimum absolute atomic E-state index is 0.186. The average molecular weight is 960 g/mol. The van der Waals surface area contributed by atoms with Gasteiger partial charge in [0.05, 0.1) is 28.9 Å². The second-order valence-electron chi connectivity index (χ2n) is 16.8. The van der Waals surface area contributed by atoms with E-state index >= 15 is 0 Å². The van der Waals surface area contributed by atoms with Crippen molar-refractivity contribution in [3.63, 3.8) is 0 Å². The van der Waals surface area contributed by atoms with Crippen LogP contribution in [0.4, 0.5) is 21.0 Å². The van der Waals surface area contributed by atoms with E-state index in [1.165, 1.54) is 16.7 Å². The molecule has 0 radical (unpaired) electrons. The summed E-state index contributed by atoms with van der Waals surface area (Å²) in [6, 6.07) is 28.2. The van der Waals surface area contributed by atoms with Crippen LogP contribution in [0.3, 0.4) is 0 Å². The molecule has 0 aliphatic carbocycles. The Morgan fingerprint density at radius 1 is 0.941 bits per heavy atom. The predicted octanol–water partition coefficient (Wildman–Crippen LogP) is 8.87. The molecule has 19 heteroatoms. The number of nitrogens with one attached hydrogen (secondary N) is 3. The molecule has 17 nitrogen and oxygen atoms in total. The van der Waals surface area contributed by atoms with E-state index in [9.17, 15) is 24.0 Å². The molecule has 3 heterocycles. The first-order valence-electron chi connectivity index (χ1n) is 22.1. The molecule has 0 bridgehead atoms. The number of nitrogens with zero attached hydrogens (tertiary/aromatic N) is 6. The number of aryl methyl sites for hydroxylation is 1. The number of aromatic nitrogens is 6. The minimum atomic E-state index is -0.786. The maximum Gasteiger partial charge on any atom is 0.414 e. The topological polar surface area (TPSA) is 213 Å². The number of carbonyl (C=O) groups is 5. The number of imidazole rings is 1. The molecule has 68 heavy (non-hydrogen) atoms. The largest absolute Gasteiger partial charge is 0.484 e. The molecular formula is C49H53N9O8S2. The minimum Gasteiger partial charge on any atom is -0.484 e. The van der Waals surface area contributed by atoms with E-state index in [0.717, 1.165) is 63.1 Å². The van der Waals surface area contributed by atoms with Crippen LogP contribution >= 0.6 is 23.5 Å². The molecule has 1 aliphatic rings. The zero-order valence-electron chi connectivity index (χ0n) is 38.7. The van der Waals surface area contributed by atoms with Gasteiger partial charge in [-0.15, -0.1) is 22.0 Å². The zero-order chi connectivity index (χ0) is 48.4. The number of benzene rings is 4. The lowest BCUT2D eigenvalue weighted by molar-refractivity contribution is -0.119. The van der Waals surface area contributed by atoms with Gasteiger partial charge in [0.1, 0.15) is 17.2 Å². The summed E-state index contributed by atoms with van der Waals surface area (Å²) >= 11 is 2.38. The Kier molecular flexibility index (Phi) is 16.0. The Morgan fingerprint density at radius 3 is 2.34 bits per heavy atom. The number of amides is 4. The number of tetrazole rings is 1. The number of hydrogen-bond donors (Lipinski definition) is 3. The SMILES string of the molecule is CCCCc1nc(CSc2ccc(NC(=O)COc3ccc(CC4SC(=O)NC4=O)cc3)c(N(C)C(=O)OC(C)(C)C)c2)c(C(=O)OCC)n1Cc1ccc(-c2ccccc2-c2nn[nH]n2)cc1. The zero-order valence-corrected chi connectivity index (χ0v) is 40.3. The molecule has 0 saturated carbocycles. The number of thioether (sulfide) groups is 2. The molecule has 1 saturated heterocycles. The molecule has 354 valence electrons. The van der Waals surface area contributed by atoms with Crippen LogP contribution in [0, 0.1) is 0 Å². The molecule has 1 fully saturated rings. The van der Waals surface area contributed by atoms with Crippen molar-refractivity contribution in [3.8, 4) is 28.3 Å². The molecule has 7 rings (SSSR count). The van der Waals surface area contributed by atoms with Gasteiger partial charge in [-0.25, -0.2) is 14.6 Å². The third-order valence-corrected chi connectivity index (χ3v) is 12.6. The molecular weight excluding hydrogens is 907 g/mol. The molecule has 4 aromatic carbocycles. The van der Waals surface area contributed by atoms with E-state index in [2.05, 4.69) is 38.2 Å². The fourth-order valence-corrected chi connectivity index (χ4v) is 9.04. The van der Waals surface area contributed by atoms with E-state index in [4.69, 9.17) is 19.2 Å². The third kappa shape index (κ3) is 12.5. The highest BCUT2D eigenvalue weighted by Crippen LogP contribution is 2.35. The van der Waals surface area contributed by atoms with Crippen molar-refractivity contribution in [1.29, 1.82) is 0 Å². The number of anilines is 2. The number of carbonyl (C=O) groups excluding carboxylic acids is 5. The summed E-state index contributed by atoms with van der Waals surface area (Å²) in [5.41, 5.74) is 5.44. The fourth-order valence-electron chi connectivity index (χ4n) is 7.32. The molecule has 6 aromatic rings. The molecule has 1 atom stereocenters. The van der Waals surface area contributed by atoms with Gasteiger partial charge in [-0.3, -0.25) is 24.6 Å². The number of unbranched alkanes of at least 4 members (excludes halogenated alkanes) is 1. The second-order valence-corrected chi connectivity index (χ2v) is 19.0. The summed E-state index contributed by atoms with van der Waals surface area (Å²) < 4.78 is 19.1.